The summed E-state index contributed by atoms with van der Waals surface area (Å²) in [6, 6.07) is 0. The fourth-order valence-corrected chi connectivity index (χ4v) is 2.25. The molecule has 2 nitrogen and oxygen atoms in total. The second-order valence-electron chi connectivity index (χ2n) is 3.95. The van der Waals surface area contributed by atoms with Crippen LogP contribution in [0.25, 0.3) is 0 Å². The Balaban J connectivity index is 2.77. The van der Waals surface area contributed by atoms with E-state index in [0.29, 0.717) is 0 Å². The normalized spacial score (nSPS) is 24.9. The molecule has 0 amide bonds. The zero-order chi connectivity index (χ0) is 9.19. The fraction of sp³-hybridized carbons (Fsp3) is 0.900. The molecule has 2 heteroatoms. The molecule has 12 heavy (non-hydrogen) atoms. The Labute approximate surface area is 74.0 Å². The van der Waals surface area contributed by atoms with Crippen molar-refractivity contribution in [1.82, 2.24) is 0 Å². The number of aliphatic hydroxyl groups is 1. The molecule has 0 radical (unpaired) electrons. The average molecular weight is 170 g/mol. The lowest BCUT2D eigenvalue weighted by molar-refractivity contribution is -0.135. The van der Waals surface area contributed by atoms with E-state index in [2.05, 4.69) is 0 Å². The number of hydrogen-bond donors (Lipinski definition) is 1. The van der Waals surface area contributed by atoms with E-state index in [0.717, 1.165) is 25.7 Å². The van der Waals surface area contributed by atoms with Gasteiger partial charge in [0, 0.05) is 0 Å². The van der Waals surface area contributed by atoms with Crippen molar-refractivity contribution in [1.29, 1.82) is 0 Å². The molecule has 1 atom stereocenters. The van der Waals surface area contributed by atoms with Gasteiger partial charge in [-0.3, -0.25) is 4.79 Å². The van der Waals surface area contributed by atoms with E-state index < -0.39 is 11.5 Å². The van der Waals surface area contributed by atoms with Crippen molar-refractivity contribution in [3.63, 3.8) is 0 Å². The van der Waals surface area contributed by atoms with Crippen LogP contribution in [0.2, 0.25) is 0 Å². The van der Waals surface area contributed by atoms with Gasteiger partial charge < -0.3 is 5.11 Å². The van der Waals surface area contributed by atoms with Crippen LogP contribution in [-0.4, -0.2) is 17.0 Å². The fourth-order valence-electron chi connectivity index (χ4n) is 2.25. The number of aliphatic hydroxyl groups excluding tert-OH is 1. The summed E-state index contributed by atoms with van der Waals surface area (Å²) in [5.74, 6) is 0.164. The Morgan fingerprint density at radius 2 is 1.83 bits per heavy atom. The molecule has 1 rings (SSSR count). The highest BCUT2D eigenvalue weighted by atomic mass is 16.3. The molecule has 0 bridgehead atoms. The number of ketones is 1. The average Bonchev–Trinajstić information content (AvgIpc) is 2.05. The van der Waals surface area contributed by atoms with Gasteiger partial charge in [0.1, 0.15) is 5.78 Å². The van der Waals surface area contributed by atoms with Crippen LogP contribution in [0, 0.1) is 5.41 Å². The first-order valence-corrected chi connectivity index (χ1v) is 4.79. The number of Topliss-reactive ketones (excluding diaryl/α,β-unsaturated/α-hetero) is 1. The minimum absolute atomic E-state index is 0.164. The molecule has 1 saturated carbocycles. The van der Waals surface area contributed by atoms with Crippen LogP contribution in [-0.2, 0) is 4.79 Å². The lowest BCUT2D eigenvalue weighted by atomic mass is 9.68. The Morgan fingerprint density at radius 1 is 1.33 bits per heavy atom. The SMILES string of the molecule is CC(=O)C1(C(C)O)CCCCC1. The molecular formula is C10H18O2. The van der Waals surface area contributed by atoms with Crippen LogP contribution in [0.1, 0.15) is 46.0 Å². The largest absolute Gasteiger partial charge is 0.392 e. The van der Waals surface area contributed by atoms with Crippen molar-refractivity contribution in [3.8, 4) is 0 Å². The van der Waals surface area contributed by atoms with Gasteiger partial charge in [-0.05, 0) is 26.7 Å². The molecule has 0 aromatic heterocycles. The Hall–Kier alpha value is -0.370. The molecule has 1 aliphatic carbocycles. The Kier molecular flexibility index (Phi) is 2.89. The van der Waals surface area contributed by atoms with Gasteiger partial charge in [0.2, 0.25) is 0 Å². The summed E-state index contributed by atoms with van der Waals surface area (Å²) in [5.41, 5.74) is -0.405. The third-order valence-corrected chi connectivity index (χ3v) is 3.25. The molecule has 0 aromatic carbocycles. The summed E-state index contributed by atoms with van der Waals surface area (Å²) in [5, 5.41) is 9.58. The smallest absolute Gasteiger partial charge is 0.138 e. The molecule has 1 unspecified atom stereocenters. The molecule has 1 aliphatic rings. The van der Waals surface area contributed by atoms with Crippen LogP contribution in [0.15, 0.2) is 0 Å². The van der Waals surface area contributed by atoms with Crippen LogP contribution in [0.4, 0.5) is 0 Å². The molecular weight excluding hydrogens is 152 g/mol. The minimum atomic E-state index is -0.477. The van der Waals surface area contributed by atoms with E-state index in [-0.39, 0.29) is 5.78 Å². The van der Waals surface area contributed by atoms with Crippen molar-refractivity contribution in [2.45, 2.75) is 52.1 Å². The van der Waals surface area contributed by atoms with Crippen molar-refractivity contribution < 1.29 is 9.90 Å². The van der Waals surface area contributed by atoms with Gasteiger partial charge in [0.05, 0.1) is 11.5 Å². The molecule has 0 spiro atoms. The number of hydrogen-bond acceptors (Lipinski definition) is 2. The second kappa shape index (κ2) is 3.56. The van der Waals surface area contributed by atoms with Crippen LogP contribution < -0.4 is 0 Å². The van der Waals surface area contributed by atoms with E-state index >= 15 is 0 Å². The van der Waals surface area contributed by atoms with Crippen molar-refractivity contribution in [2.75, 3.05) is 0 Å². The monoisotopic (exact) mass is 170 g/mol. The van der Waals surface area contributed by atoms with E-state index in [1.54, 1.807) is 13.8 Å². The lowest BCUT2D eigenvalue weighted by Gasteiger charge is -2.37. The molecule has 1 N–H and O–H groups in total. The summed E-state index contributed by atoms with van der Waals surface area (Å²) in [6.07, 6.45) is 4.66. The first-order chi connectivity index (χ1) is 5.59. The van der Waals surface area contributed by atoms with Gasteiger partial charge in [0.15, 0.2) is 0 Å². The van der Waals surface area contributed by atoms with E-state index in [1.807, 2.05) is 0 Å². The van der Waals surface area contributed by atoms with Crippen LogP contribution >= 0.6 is 0 Å². The molecule has 0 aliphatic heterocycles. The van der Waals surface area contributed by atoms with Crippen molar-refractivity contribution >= 4 is 5.78 Å². The summed E-state index contributed by atoms with van der Waals surface area (Å²) >= 11 is 0. The van der Waals surface area contributed by atoms with Crippen molar-refractivity contribution in [2.24, 2.45) is 5.41 Å². The first-order valence-electron chi connectivity index (χ1n) is 4.79. The van der Waals surface area contributed by atoms with Crippen LogP contribution in [0.3, 0.4) is 0 Å². The van der Waals surface area contributed by atoms with Gasteiger partial charge in [-0.2, -0.15) is 0 Å². The van der Waals surface area contributed by atoms with Gasteiger partial charge >= 0.3 is 0 Å². The molecule has 0 saturated heterocycles. The standard InChI is InChI=1S/C10H18O2/c1-8(11)10(9(2)12)6-4-3-5-7-10/h8,11H,3-7H2,1-2H3. The van der Waals surface area contributed by atoms with Crippen molar-refractivity contribution in [3.05, 3.63) is 0 Å². The second-order valence-corrected chi connectivity index (χ2v) is 3.95. The predicted octanol–water partition coefficient (Wildman–Crippen LogP) is 1.91. The number of carbonyl (C=O) groups excluding carboxylic acids is 1. The molecule has 0 heterocycles. The molecule has 1 fully saturated rings. The van der Waals surface area contributed by atoms with Gasteiger partial charge in [-0.1, -0.05) is 19.3 Å². The molecule has 70 valence electrons. The van der Waals surface area contributed by atoms with Crippen LogP contribution in [0.5, 0.6) is 0 Å². The zero-order valence-electron chi connectivity index (χ0n) is 7.97. The van der Waals surface area contributed by atoms with E-state index in [9.17, 15) is 9.90 Å². The summed E-state index contributed by atoms with van der Waals surface area (Å²) in [4.78, 5) is 11.4. The number of carbonyl (C=O) groups is 1. The third-order valence-electron chi connectivity index (χ3n) is 3.25. The maximum absolute atomic E-state index is 11.4. The van der Waals surface area contributed by atoms with Gasteiger partial charge in [-0.25, -0.2) is 0 Å². The van der Waals surface area contributed by atoms with Gasteiger partial charge in [-0.15, -0.1) is 0 Å². The summed E-state index contributed by atoms with van der Waals surface area (Å²) in [7, 11) is 0. The highest BCUT2D eigenvalue weighted by molar-refractivity contribution is 5.83. The third kappa shape index (κ3) is 1.53. The van der Waals surface area contributed by atoms with E-state index in [4.69, 9.17) is 0 Å². The highest BCUT2D eigenvalue weighted by Crippen LogP contribution is 2.39. The minimum Gasteiger partial charge on any atom is -0.392 e. The molecule has 0 aromatic rings. The maximum Gasteiger partial charge on any atom is 0.138 e. The zero-order valence-corrected chi connectivity index (χ0v) is 7.97. The predicted molar refractivity (Wildman–Crippen MR) is 47.9 cm³/mol. The Bertz CT molecular complexity index is 167. The lowest BCUT2D eigenvalue weighted by Crippen LogP contribution is -2.41. The topological polar surface area (TPSA) is 37.3 Å². The quantitative estimate of drug-likeness (QED) is 0.687. The first kappa shape index (κ1) is 9.72. The van der Waals surface area contributed by atoms with E-state index in [1.165, 1.54) is 6.42 Å². The highest BCUT2D eigenvalue weighted by Gasteiger charge is 2.40. The summed E-state index contributed by atoms with van der Waals surface area (Å²) in [6.45, 7) is 3.35. The Morgan fingerprint density at radius 3 is 2.08 bits per heavy atom. The maximum atomic E-state index is 11.4. The van der Waals surface area contributed by atoms with Gasteiger partial charge in [0.25, 0.3) is 0 Å². The number of rotatable bonds is 2. The summed E-state index contributed by atoms with van der Waals surface area (Å²) < 4.78 is 0.